The molecule has 1 heterocycles. The lowest BCUT2D eigenvalue weighted by molar-refractivity contribution is -0.113. The van der Waals surface area contributed by atoms with Crippen LogP contribution in [0.3, 0.4) is 0 Å². The number of hydrogen-bond acceptors (Lipinski definition) is 5. The highest BCUT2D eigenvalue weighted by Gasteiger charge is 2.11. The van der Waals surface area contributed by atoms with E-state index in [1.165, 1.54) is 17.3 Å². The molecule has 0 radical (unpaired) electrons. The summed E-state index contributed by atoms with van der Waals surface area (Å²) in [5.74, 6) is -0.251. The number of carbonyl (C=O) groups excluding carboxylic acids is 2. The van der Waals surface area contributed by atoms with Gasteiger partial charge < -0.3 is 10.1 Å². The first-order valence-corrected chi connectivity index (χ1v) is 10.8. The van der Waals surface area contributed by atoms with Crippen molar-refractivity contribution in [3.05, 3.63) is 64.7 Å². The molecule has 5 nitrogen and oxygen atoms in total. The minimum absolute atomic E-state index is 0.127. The largest absolute Gasteiger partial charge is 0.459 e. The highest BCUT2D eigenvalue weighted by Crippen LogP contribution is 2.27. The maximum Gasteiger partial charge on any atom is 0.338 e. The molecule has 3 rings (SSSR count). The molecule has 0 aliphatic carbocycles. The van der Waals surface area contributed by atoms with E-state index in [1.54, 1.807) is 38.1 Å². The monoisotopic (exact) mass is 422 g/mol. The summed E-state index contributed by atoms with van der Waals surface area (Å²) in [5, 5.41) is 4.83. The van der Waals surface area contributed by atoms with Crippen molar-refractivity contribution in [2.75, 3.05) is 11.1 Å². The molecule has 1 amide bonds. The number of rotatable bonds is 6. The SMILES string of the molecule is Cc1cc(C)c2nc(SCC(=O)Nc3ccc(C(=O)OC(C)C)cc3)cc(C)c2c1. The molecule has 0 saturated carbocycles. The molecule has 0 atom stereocenters. The zero-order valence-corrected chi connectivity index (χ0v) is 18.7. The van der Waals surface area contributed by atoms with Gasteiger partial charge in [-0.05, 0) is 82.1 Å². The maximum absolute atomic E-state index is 12.4. The fourth-order valence-corrected chi connectivity index (χ4v) is 3.96. The fourth-order valence-electron chi connectivity index (χ4n) is 3.20. The first-order chi connectivity index (χ1) is 14.2. The van der Waals surface area contributed by atoms with Gasteiger partial charge in [0.25, 0.3) is 0 Å². The van der Waals surface area contributed by atoms with E-state index >= 15 is 0 Å². The van der Waals surface area contributed by atoms with Gasteiger partial charge in [-0.2, -0.15) is 0 Å². The van der Waals surface area contributed by atoms with E-state index in [2.05, 4.69) is 38.2 Å². The molecule has 1 N–H and O–H groups in total. The summed E-state index contributed by atoms with van der Waals surface area (Å²) < 4.78 is 5.16. The minimum Gasteiger partial charge on any atom is -0.459 e. The summed E-state index contributed by atoms with van der Waals surface area (Å²) in [6.07, 6.45) is -0.172. The van der Waals surface area contributed by atoms with Gasteiger partial charge in [0.15, 0.2) is 0 Å². The van der Waals surface area contributed by atoms with E-state index in [9.17, 15) is 9.59 Å². The Labute approximate surface area is 181 Å². The number of fused-ring (bicyclic) bond motifs is 1. The number of nitrogens with zero attached hydrogens (tertiary/aromatic N) is 1. The quantitative estimate of drug-likeness (QED) is 0.422. The van der Waals surface area contributed by atoms with E-state index in [0.29, 0.717) is 11.3 Å². The van der Waals surface area contributed by atoms with Crippen LogP contribution in [-0.4, -0.2) is 28.7 Å². The van der Waals surface area contributed by atoms with Crippen LogP contribution in [0, 0.1) is 20.8 Å². The van der Waals surface area contributed by atoms with Gasteiger partial charge in [0.2, 0.25) is 5.91 Å². The second kappa shape index (κ2) is 9.30. The Morgan fingerprint density at radius 2 is 1.73 bits per heavy atom. The molecule has 0 saturated heterocycles. The second-order valence-corrected chi connectivity index (χ2v) is 8.62. The van der Waals surface area contributed by atoms with Crippen molar-refractivity contribution in [3.8, 4) is 0 Å². The summed E-state index contributed by atoms with van der Waals surface area (Å²) in [6, 6.07) is 13.0. The van der Waals surface area contributed by atoms with Crippen LogP contribution in [0.25, 0.3) is 10.9 Å². The highest BCUT2D eigenvalue weighted by molar-refractivity contribution is 7.99. The average molecular weight is 423 g/mol. The van der Waals surface area contributed by atoms with Crippen molar-refractivity contribution in [2.45, 2.75) is 45.7 Å². The standard InChI is InChI=1S/C24H26N2O3S/c1-14(2)29-24(28)18-6-8-19(9-7-18)25-21(27)13-30-22-12-16(4)20-11-15(3)10-17(5)23(20)26-22/h6-12,14H,13H2,1-5H3,(H,25,27). The lowest BCUT2D eigenvalue weighted by Gasteiger charge is -2.10. The van der Waals surface area contributed by atoms with Crippen LogP contribution in [0.5, 0.6) is 0 Å². The van der Waals surface area contributed by atoms with Crippen LogP contribution >= 0.6 is 11.8 Å². The molecule has 0 fully saturated rings. The van der Waals surface area contributed by atoms with Gasteiger partial charge in [-0.1, -0.05) is 23.4 Å². The summed E-state index contributed by atoms with van der Waals surface area (Å²) in [4.78, 5) is 29.0. The third-order valence-electron chi connectivity index (χ3n) is 4.53. The third-order valence-corrected chi connectivity index (χ3v) is 5.44. The Bertz CT molecular complexity index is 1090. The predicted molar refractivity (Wildman–Crippen MR) is 122 cm³/mol. The molecular weight excluding hydrogens is 396 g/mol. The molecule has 2 aromatic carbocycles. The molecule has 3 aromatic rings. The van der Waals surface area contributed by atoms with E-state index in [4.69, 9.17) is 9.72 Å². The van der Waals surface area contributed by atoms with Gasteiger partial charge in [0.1, 0.15) is 0 Å². The number of benzene rings is 2. The summed E-state index contributed by atoms with van der Waals surface area (Å²) in [5.41, 5.74) is 5.57. The van der Waals surface area contributed by atoms with Crippen LogP contribution in [-0.2, 0) is 9.53 Å². The van der Waals surface area contributed by atoms with Crippen LogP contribution < -0.4 is 5.32 Å². The number of thioether (sulfide) groups is 1. The number of carbonyl (C=O) groups is 2. The van der Waals surface area contributed by atoms with Crippen LogP contribution in [0.4, 0.5) is 5.69 Å². The van der Waals surface area contributed by atoms with Crippen LogP contribution in [0.1, 0.15) is 40.9 Å². The van der Waals surface area contributed by atoms with Gasteiger partial charge in [-0.3, -0.25) is 4.79 Å². The van der Waals surface area contributed by atoms with Crippen molar-refractivity contribution in [2.24, 2.45) is 0 Å². The summed E-state index contributed by atoms with van der Waals surface area (Å²) in [7, 11) is 0. The van der Waals surface area contributed by atoms with Gasteiger partial charge in [-0.25, -0.2) is 9.78 Å². The summed E-state index contributed by atoms with van der Waals surface area (Å²) >= 11 is 1.41. The highest BCUT2D eigenvalue weighted by atomic mass is 32.2. The Morgan fingerprint density at radius 1 is 1.03 bits per heavy atom. The van der Waals surface area contributed by atoms with E-state index in [-0.39, 0.29) is 23.7 Å². The van der Waals surface area contributed by atoms with Gasteiger partial charge in [0.05, 0.1) is 28.0 Å². The number of esters is 1. The van der Waals surface area contributed by atoms with Gasteiger partial charge in [-0.15, -0.1) is 0 Å². The first-order valence-electron chi connectivity index (χ1n) is 9.85. The number of anilines is 1. The first kappa shape index (κ1) is 21.8. The third kappa shape index (κ3) is 5.39. The number of pyridine rings is 1. The maximum atomic E-state index is 12.4. The lowest BCUT2D eigenvalue weighted by Crippen LogP contribution is -2.15. The molecule has 0 aliphatic heterocycles. The van der Waals surface area contributed by atoms with Crippen molar-refractivity contribution in [1.29, 1.82) is 0 Å². The zero-order chi connectivity index (χ0) is 21.8. The molecule has 30 heavy (non-hydrogen) atoms. The zero-order valence-electron chi connectivity index (χ0n) is 17.9. The lowest BCUT2D eigenvalue weighted by atomic mass is 10.0. The Kier molecular flexibility index (Phi) is 6.77. The Balaban J connectivity index is 1.63. The van der Waals surface area contributed by atoms with Crippen molar-refractivity contribution in [1.82, 2.24) is 4.98 Å². The summed E-state index contributed by atoms with van der Waals surface area (Å²) in [6.45, 7) is 9.82. The van der Waals surface area contributed by atoms with E-state index in [1.807, 2.05) is 6.07 Å². The van der Waals surface area contributed by atoms with Crippen LogP contribution in [0.2, 0.25) is 0 Å². The van der Waals surface area contributed by atoms with Crippen LogP contribution in [0.15, 0.2) is 47.5 Å². The van der Waals surface area contributed by atoms with E-state index < -0.39 is 0 Å². The molecule has 6 heteroatoms. The molecule has 0 aliphatic rings. The van der Waals surface area contributed by atoms with Crippen molar-refractivity contribution in [3.63, 3.8) is 0 Å². The molecule has 156 valence electrons. The number of aromatic nitrogens is 1. The molecule has 0 unspecified atom stereocenters. The number of ether oxygens (including phenoxy) is 1. The average Bonchev–Trinajstić information content (AvgIpc) is 2.67. The fraction of sp³-hybridized carbons (Fsp3) is 0.292. The number of aryl methyl sites for hydroxylation is 3. The van der Waals surface area contributed by atoms with Crippen molar-refractivity contribution < 1.29 is 14.3 Å². The minimum atomic E-state index is -0.373. The topological polar surface area (TPSA) is 68.3 Å². The second-order valence-electron chi connectivity index (χ2n) is 7.62. The molecule has 0 spiro atoms. The van der Waals surface area contributed by atoms with Gasteiger partial charge in [0, 0.05) is 11.1 Å². The molecular formula is C24H26N2O3S. The molecule has 0 bridgehead atoms. The van der Waals surface area contributed by atoms with E-state index in [0.717, 1.165) is 27.1 Å². The van der Waals surface area contributed by atoms with Gasteiger partial charge >= 0.3 is 5.97 Å². The molecule has 1 aromatic heterocycles. The predicted octanol–water partition coefficient (Wildman–Crippen LogP) is 5.46. The Morgan fingerprint density at radius 3 is 2.40 bits per heavy atom. The van der Waals surface area contributed by atoms with Crippen molar-refractivity contribution >= 4 is 40.2 Å². The number of amides is 1. The normalized spacial score (nSPS) is 11.0. The smallest absolute Gasteiger partial charge is 0.338 e. The number of nitrogens with one attached hydrogen (secondary N) is 1. The Hall–Kier alpha value is -2.86. The number of hydrogen-bond donors (Lipinski definition) is 1.